The summed E-state index contributed by atoms with van der Waals surface area (Å²) in [4.78, 5) is 41.6. The molecule has 2 aliphatic heterocycles. The molecule has 3 aromatic heterocycles. The molecule has 9 nitrogen and oxygen atoms in total. The zero-order valence-corrected chi connectivity index (χ0v) is 15.1. The lowest BCUT2D eigenvalue weighted by Crippen LogP contribution is -2.47. The Labute approximate surface area is 159 Å². The van der Waals surface area contributed by atoms with Gasteiger partial charge in [0.25, 0.3) is 11.1 Å². The molecule has 0 unspecified atom stereocenters. The molecular formula is C19H19N7O2. The number of nitrogens with zero attached hydrogens (tertiary/aromatic N) is 5. The van der Waals surface area contributed by atoms with E-state index in [1.165, 1.54) is 18.7 Å². The van der Waals surface area contributed by atoms with Crippen molar-refractivity contribution in [2.75, 3.05) is 23.7 Å². The van der Waals surface area contributed by atoms with Gasteiger partial charge in [-0.3, -0.25) is 9.59 Å². The van der Waals surface area contributed by atoms with E-state index >= 15 is 0 Å². The Balaban J connectivity index is 1.55. The number of fused-ring (bicyclic) bond motifs is 4. The highest BCUT2D eigenvalue weighted by Gasteiger charge is 2.35. The summed E-state index contributed by atoms with van der Waals surface area (Å²) < 4.78 is 1.87. The van der Waals surface area contributed by atoms with E-state index in [0.29, 0.717) is 36.3 Å². The fraction of sp³-hybridized carbons (Fsp3) is 0.316. The Bertz CT molecular complexity index is 1170. The number of nitrogens with two attached hydrogens (primary N) is 1. The van der Waals surface area contributed by atoms with Gasteiger partial charge in [-0.15, -0.1) is 0 Å². The van der Waals surface area contributed by atoms with E-state index in [4.69, 9.17) is 5.73 Å². The highest BCUT2D eigenvalue weighted by atomic mass is 16.1. The third-order valence-corrected chi connectivity index (χ3v) is 5.53. The summed E-state index contributed by atoms with van der Waals surface area (Å²) in [6.45, 7) is 2.15. The smallest absolute Gasteiger partial charge is 0.252 e. The molecule has 0 radical (unpaired) electrons. The minimum Gasteiger partial charge on any atom is -0.384 e. The Morgan fingerprint density at radius 1 is 1.04 bits per heavy atom. The number of hydrogen-bond acceptors (Lipinski definition) is 7. The molecule has 0 amide bonds. The Morgan fingerprint density at radius 2 is 1.93 bits per heavy atom. The Morgan fingerprint density at radius 3 is 2.75 bits per heavy atom. The number of H-pyrrole nitrogens is 1. The number of aromatic amines is 1. The average molecular weight is 377 g/mol. The number of pyridine rings is 1. The molecule has 5 rings (SSSR count). The number of nitrogens with one attached hydrogen (secondary N) is 1. The van der Waals surface area contributed by atoms with E-state index in [0.717, 1.165) is 24.2 Å². The average Bonchev–Trinajstić information content (AvgIpc) is 2.68. The maximum absolute atomic E-state index is 12.8. The van der Waals surface area contributed by atoms with Crippen molar-refractivity contribution in [1.82, 2.24) is 24.5 Å². The third-order valence-electron chi connectivity index (χ3n) is 5.53. The molecule has 9 heteroatoms. The van der Waals surface area contributed by atoms with Gasteiger partial charge >= 0.3 is 0 Å². The van der Waals surface area contributed by atoms with Gasteiger partial charge in [0.15, 0.2) is 0 Å². The summed E-state index contributed by atoms with van der Waals surface area (Å²) in [7, 11) is 0. The summed E-state index contributed by atoms with van der Waals surface area (Å²) in [5.74, 6) is 1.56. The molecule has 3 N–H and O–H groups in total. The van der Waals surface area contributed by atoms with Crippen molar-refractivity contribution >= 4 is 11.6 Å². The van der Waals surface area contributed by atoms with Crippen LogP contribution in [-0.4, -0.2) is 37.6 Å². The lowest BCUT2D eigenvalue weighted by atomic mass is 9.82. The number of aromatic nitrogens is 5. The molecule has 0 saturated carbocycles. The van der Waals surface area contributed by atoms with Crippen molar-refractivity contribution in [3.63, 3.8) is 0 Å². The predicted molar refractivity (Wildman–Crippen MR) is 104 cm³/mol. The van der Waals surface area contributed by atoms with Crippen molar-refractivity contribution < 1.29 is 0 Å². The van der Waals surface area contributed by atoms with Crippen molar-refractivity contribution in [1.29, 1.82) is 0 Å². The molecule has 2 bridgehead atoms. The van der Waals surface area contributed by atoms with Gasteiger partial charge in [0.1, 0.15) is 18.0 Å². The number of rotatable bonds is 2. The first kappa shape index (κ1) is 16.7. The largest absolute Gasteiger partial charge is 0.384 e. The lowest BCUT2D eigenvalue weighted by molar-refractivity contribution is 0.280. The maximum atomic E-state index is 12.8. The normalized spacial score (nSPS) is 20.6. The first-order valence-electron chi connectivity index (χ1n) is 9.19. The lowest BCUT2D eigenvalue weighted by Gasteiger charge is -2.43. The zero-order valence-electron chi connectivity index (χ0n) is 15.1. The van der Waals surface area contributed by atoms with Gasteiger partial charge in [0.2, 0.25) is 0 Å². The molecule has 0 aliphatic carbocycles. The molecule has 0 spiro atoms. The van der Waals surface area contributed by atoms with E-state index < -0.39 is 0 Å². The van der Waals surface area contributed by atoms with E-state index in [2.05, 4.69) is 24.8 Å². The Kier molecular flexibility index (Phi) is 3.75. The van der Waals surface area contributed by atoms with Crippen molar-refractivity contribution in [3.8, 4) is 11.3 Å². The van der Waals surface area contributed by atoms with Crippen LogP contribution >= 0.6 is 0 Å². The fourth-order valence-electron chi connectivity index (χ4n) is 4.36. The van der Waals surface area contributed by atoms with E-state index in [9.17, 15) is 9.59 Å². The van der Waals surface area contributed by atoms with Gasteiger partial charge in [0, 0.05) is 55.0 Å². The monoisotopic (exact) mass is 377 g/mol. The number of piperidine rings is 1. The van der Waals surface area contributed by atoms with Gasteiger partial charge in [-0.1, -0.05) is 0 Å². The maximum Gasteiger partial charge on any atom is 0.252 e. The first-order valence-corrected chi connectivity index (χ1v) is 9.19. The first-order chi connectivity index (χ1) is 13.6. The minimum atomic E-state index is -0.166. The summed E-state index contributed by atoms with van der Waals surface area (Å²) in [5, 5.41) is 0. The summed E-state index contributed by atoms with van der Waals surface area (Å²) in [6.07, 6.45) is 3.84. The van der Waals surface area contributed by atoms with E-state index in [1.54, 1.807) is 12.1 Å². The molecule has 2 atom stereocenters. The molecule has 5 heterocycles. The molecule has 2 aliphatic rings. The summed E-state index contributed by atoms with van der Waals surface area (Å²) >= 11 is 0. The summed E-state index contributed by atoms with van der Waals surface area (Å²) in [6, 6.07) is 6.83. The van der Waals surface area contributed by atoms with Gasteiger partial charge in [-0.05, 0) is 18.4 Å². The third kappa shape index (κ3) is 2.84. The second kappa shape index (κ2) is 6.29. The molecule has 142 valence electrons. The van der Waals surface area contributed by atoms with Crippen LogP contribution in [0, 0.1) is 5.92 Å². The quantitative estimate of drug-likeness (QED) is 0.670. The number of nitrogen functional groups attached to an aromatic ring is 1. The summed E-state index contributed by atoms with van der Waals surface area (Å²) in [5.41, 5.74) is 7.95. The van der Waals surface area contributed by atoms with E-state index in [-0.39, 0.29) is 17.0 Å². The van der Waals surface area contributed by atoms with Crippen LogP contribution in [0.3, 0.4) is 0 Å². The van der Waals surface area contributed by atoms with Crippen LogP contribution in [0.5, 0.6) is 0 Å². The fourth-order valence-corrected chi connectivity index (χ4v) is 4.36. The van der Waals surface area contributed by atoms with Crippen LogP contribution in [0.2, 0.25) is 0 Å². The highest BCUT2D eigenvalue weighted by Crippen LogP contribution is 2.37. The predicted octanol–water partition coefficient (Wildman–Crippen LogP) is 0.595. The van der Waals surface area contributed by atoms with Gasteiger partial charge in [-0.25, -0.2) is 15.0 Å². The van der Waals surface area contributed by atoms with Crippen LogP contribution < -0.4 is 21.8 Å². The van der Waals surface area contributed by atoms with Crippen LogP contribution in [-0.2, 0) is 6.54 Å². The van der Waals surface area contributed by atoms with Gasteiger partial charge in [-0.2, -0.15) is 0 Å². The van der Waals surface area contributed by atoms with Crippen LogP contribution in [0.1, 0.15) is 18.0 Å². The second-order valence-corrected chi connectivity index (χ2v) is 7.42. The highest BCUT2D eigenvalue weighted by molar-refractivity contribution is 5.62. The molecule has 1 saturated heterocycles. The molecule has 1 fully saturated rings. The number of hydrogen-bond donors (Lipinski definition) is 2. The zero-order chi connectivity index (χ0) is 19.3. The van der Waals surface area contributed by atoms with Crippen LogP contribution in [0.4, 0.5) is 11.6 Å². The second-order valence-electron chi connectivity index (χ2n) is 7.42. The molecular weight excluding hydrogens is 358 g/mol. The SMILES string of the molecule is Nc1cc(-c2cc3n(c(=O)c2)C[C@H]2C[C@@H]3CN(c3cc(=O)[nH]cn3)C2)ncn1. The van der Waals surface area contributed by atoms with Crippen molar-refractivity contribution in [2.45, 2.75) is 18.9 Å². The standard InChI is InChI=1S/C19H19N7O2/c20-16-4-14(21-9-22-16)12-2-15-13-1-11(7-26(15)19(28)3-12)6-25(8-13)17-5-18(27)24-10-23-17/h2-5,9-11,13H,1,6-8H2,(H2,20,21,22)(H,23,24,27)/t11-,13+/m0/s1. The Hall–Kier alpha value is -3.49. The molecule has 0 aromatic carbocycles. The van der Waals surface area contributed by atoms with Crippen molar-refractivity contribution in [3.05, 3.63) is 63.3 Å². The van der Waals surface area contributed by atoms with Crippen molar-refractivity contribution in [2.24, 2.45) is 5.92 Å². The van der Waals surface area contributed by atoms with Gasteiger partial charge in [0.05, 0.1) is 12.0 Å². The molecule has 28 heavy (non-hydrogen) atoms. The van der Waals surface area contributed by atoms with Gasteiger partial charge < -0.3 is 20.2 Å². The molecule has 3 aromatic rings. The van der Waals surface area contributed by atoms with E-state index in [1.807, 2.05) is 10.6 Å². The minimum absolute atomic E-state index is 0.0258. The number of anilines is 2. The van der Waals surface area contributed by atoms with Crippen LogP contribution in [0.15, 0.2) is 46.5 Å². The van der Waals surface area contributed by atoms with Crippen LogP contribution in [0.25, 0.3) is 11.3 Å². The topological polar surface area (TPSA) is 123 Å².